The molecule has 0 radical (unpaired) electrons. The first-order chi connectivity index (χ1) is 12.0. The molecule has 1 aromatic carbocycles. The normalized spacial score (nSPS) is 13.8. The molecule has 1 aromatic heterocycles. The van der Waals surface area contributed by atoms with Gasteiger partial charge in [0.2, 0.25) is 0 Å². The van der Waals surface area contributed by atoms with Gasteiger partial charge in [-0.15, -0.1) is 0 Å². The molecule has 0 saturated carbocycles. The Morgan fingerprint density at radius 3 is 2.64 bits per heavy atom. The van der Waals surface area contributed by atoms with E-state index in [0.717, 1.165) is 35.2 Å². The van der Waals surface area contributed by atoms with E-state index in [4.69, 9.17) is 0 Å². The number of benzene rings is 1. The van der Waals surface area contributed by atoms with Crippen LogP contribution in [0.5, 0.6) is 0 Å². The lowest BCUT2D eigenvalue weighted by Gasteiger charge is -2.17. The molecule has 0 atom stereocenters. The number of hydrogen-bond donors (Lipinski definition) is 1. The van der Waals surface area contributed by atoms with Gasteiger partial charge in [-0.3, -0.25) is 14.9 Å². The van der Waals surface area contributed by atoms with Crippen molar-refractivity contribution in [3.05, 3.63) is 55.3 Å². The van der Waals surface area contributed by atoms with Crippen molar-refractivity contribution in [3.63, 3.8) is 0 Å². The SMILES string of the molecule is Cc1nc(NC(=O)c2ccc(N3CCCC3)c([N+](=O)[O-])c2)ccc1I. The van der Waals surface area contributed by atoms with Crippen LogP contribution in [0.3, 0.4) is 0 Å². The molecule has 1 saturated heterocycles. The number of hydrogen-bond acceptors (Lipinski definition) is 5. The Balaban J connectivity index is 1.86. The van der Waals surface area contributed by atoms with Crippen LogP contribution in [0.1, 0.15) is 28.9 Å². The van der Waals surface area contributed by atoms with Gasteiger partial charge in [0.05, 0.1) is 10.6 Å². The van der Waals surface area contributed by atoms with E-state index in [9.17, 15) is 14.9 Å². The largest absolute Gasteiger partial charge is 0.366 e. The molecule has 1 amide bonds. The molecule has 3 rings (SSSR count). The summed E-state index contributed by atoms with van der Waals surface area (Å²) in [5.74, 6) is 0.0124. The van der Waals surface area contributed by atoms with Crippen molar-refractivity contribution in [2.75, 3.05) is 23.3 Å². The number of pyridine rings is 1. The topological polar surface area (TPSA) is 88.4 Å². The zero-order chi connectivity index (χ0) is 18.0. The van der Waals surface area contributed by atoms with Gasteiger partial charge in [0.15, 0.2) is 0 Å². The van der Waals surface area contributed by atoms with Gasteiger partial charge < -0.3 is 10.2 Å². The maximum absolute atomic E-state index is 12.4. The number of amides is 1. The summed E-state index contributed by atoms with van der Waals surface area (Å²) in [5.41, 5.74) is 1.59. The van der Waals surface area contributed by atoms with Crippen LogP contribution in [-0.4, -0.2) is 28.9 Å². The van der Waals surface area contributed by atoms with E-state index in [1.54, 1.807) is 18.2 Å². The Bertz CT molecular complexity index is 835. The maximum Gasteiger partial charge on any atom is 0.293 e. The number of nitro groups is 1. The zero-order valence-corrected chi connectivity index (χ0v) is 15.8. The van der Waals surface area contributed by atoms with Crippen molar-refractivity contribution in [2.24, 2.45) is 0 Å². The Kier molecular flexibility index (Phi) is 5.16. The standard InChI is InChI=1S/C17H17IN4O3/c1-11-13(18)5-7-16(19-11)20-17(23)12-4-6-14(15(10-12)22(24)25)21-8-2-3-9-21/h4-7,10H,2-3,8-9H2,1H3,(H,19,20,23). The molecule has 0 bridgehead atoms. The lowest BCUT2D eigenvalue weighted by Crippen LogP contribution is -2.20. The van der Waals surface area contributed by atoms with E-state index in [1.165, 1.54) is 6.07 Å². The second-order valence-electron chi connectivity index (χ2n) is 5.87. The molecule has 2 heterocycles. The van der Waals surface area contributed by atoms with Crippen LogP contribution in [0.4, 0.5) is 17.2 Å². The van der Waals surface area contributed by atoms with E-state index in [-0.39, 0.29) is 11.3 Å². The number of rotatable bonds is 4. The number of halogens is 1. The maximum atomic E-state index is 12.4. The van der Waals surface area contributed by atoms with Gasteiger partial charge in [-0.05, 0) is 66.6 Å². The molecule has 1 aliphatic rings. The van der Waals surface area contributed by atoms with E-state index in [1.807, 2.05) is 17.9 Å². The third-order valence-electron chi connectivity index (χ3n) is 4.14. The summed E-state index contributed by atoms with van der Waals surface area (Å²) in [6.07, 6.45) is 2.05. The van der Waals surface area contributed by atoms with Gasteiger partial charge in [-0.2, -0.15) is 0 Å². The molecule has 1 N–H and O–H groups in total. The number of aromatic nitrogens is 1. The summed E-state index contributed by atoms with van der Waals surface area (Å²) < 4.78 is 1.00. The lowest BCUT2D eigenvalue weighted by molar-refractivity contribution is -0.384. The molecule has 130 valence electrons. The minimum Gasteiger partial charge on any atom is -0.366 e. The summed E-state index contributed by atoms with van der Waals surface area (Å²) >= 11 is 2.16. The van der Waals surface area contributed by atoms with Crippen LogP contribution in [0.15, 0.2) is 30.3 Å². The van der Waals surface area contributed by atoms with Crippen LogP contribution in [0.25, 0.3) is 0 Å². The number of nitrogens with one attached hydrogen (secondary N) is 1. The van der Waals surface area contributed by atoms with E-state index < -0.39 is 10.8 Å². The Labute approximate surface area is 158 Å². The average Bonchev–Trinajstić information content (AvgIpc) is 3.12. The summed E-state index contributed by atoms with van der Waals surface area (Å²) in [7, 11) is 0. The molecule has 0 aliphatic carbocycles. The zero-order valence-electron chi connectivity index (χ0n) is 13.7. The lowest BCUT2D eigenvalue weighted by atomic mass is 10.1. The fraction of sp³-hybridized carbons (Fsp3) is 0.294. The van der Waals surface area contributed by atoms with Crippen LogP contribution in [0, 0.1) is 20.6 Å². The van der Waals surface area contributed by atoms with Crippen molar-refractivity contribution in [1.82, 2.24) is 4.98 Å². The highest BCUT2D eigenvalue weighted by molar-refractivity contribution is 14.1. The second kappa shape index (κ2) is 7.34. The van der Waals surface area contributed by atoms with Crippen molar-refractivity contribution in [2.45, 2.75) is 19.8 Å². The van der Waals surface area contributed by atoms with Crippen molar-refractivity contribution >= 4 is 45.7 Å². The number of nitro benzene ring substituents is 1. The molecule has 2 aromatic rings. The minimum atomic E-state index is -0.433. The molecular weight excluding hydrogens is 435 g/mol. The molecule has 1 fully saturated rings. The minimum absolute atomic E-state index is 0.0405. The number of carbonyl (C=O) groups excluding carboxylic acids is 1. The van der Waals surface area contributed by atoms with Gasteiger partial charge in [-0.25, -0.2) is 4.98 Å². The van der Waals surface area contributed by atoms with Crippen LogP contribution >= 0.6 is 22.6 Å². The first kappa shape index (κ1) is 17.6. The van der Waals surface area contributed by atoms with Crippen molar-refractivity contribution in [1.29, 1.82) is 0 Å². The molecular formula is C17H17IN4O3. The average molecular weight is 452 g/mol. The van der Waals surface area contributed by atoms with Crippen LogP contribution in [-0.2, 0) is 0 Å². The number of carbonyl (C=O) groups is 1. The van der Waals surface area contributed by atoms with Crippen molar-refractivity contribution in [3.8, 4) is 0 Å². The predicted molar refractivity (Wildman–Crippen MR) is 104 cm³/mol. The first-order valence-electron chi connectivity index (χ1n) is 7.93. The molecule has 8 heteroatoms. The summed E-state index contributed by atoms with van der Waals surface area (Å²) in [6, 6.07) is 8.18. The van der Waals surface area contributed by atoms with Gasteiger partial charge in [0.25, 0.3) is 11.6 Å². The molecule has 25 heavy (non-hydrogen) atoms. The van der Waals surface area contributed by atoms with Gasteiger partial charge in [0.1, 0.15) is 11.5 Å². The molecule has 7 nitrogen and oxygen atoms in total. The fourth-order valence-electron chi connectivity index (χ4n) is 2.84. The highest BCUT2D eigenvalue weighted by Gasteiger charge is 2.24. The van der Waals surface area contributed by atoms with E-state index >= 15 is 0 Å². The summed E-state index contributed by atoms with van der Waals surface area (Å²) in [4.78, 5) is 29.7. The van der Waals surface area contributed by atoms with Gasteiger partial charge >= 0.3 is 0 Å². The smallest absolute Gasteiger partial charge is 0.293 e. The summed E-state index contributed by atoms with van der Waals surface area (Å²) in [6.45, 7) is 3.46. The Morgan fingerprint density at radius 2 is 2.00 bits per heavy atom. The van der Waals surface area contributed by atoms with Gasteiger partial charge in [0, 0.05) is 28.3 Å². The highest BCUT2D eigenvalue weighted by atomic mass is 127. The third-order valence-corrected chi connectivity index (χ3v) is 5.28. The molecule has 0 spiro atoms. The third kappa shape index (κ3) is 3.89. The molecule has 1 aliphatic heterocycles. The Hall–Kier alpha value is -2.23. The quantitative estimate of drug-likeness (QED) is 0.434. The number of anilines is 2. The Morgan fingerprint density at radius 1 is 1.28 bits per heavy atom. The van der Waals surface area contributed by atoms with Gasteiger partial charge in [-0.1, -0.05) is 0 Å². The number of nitrogens with zero attached hydrogens (tertiary/aromatic N) is 3. The second-order valence-corrected chi connectivity index (χ2v) is 7.03. The fourth-order valence-corrected chi connectivity index (χ4v) is 3.14. The number of aryl methyl sites for hydroxylation is 1. The summed E-state index contributed by atoms with van der Waals surface area (Å²) in [5, 5.41) is 14.1. The van der Waals surface area contributed by atoms with E-state index in [2.05, 4.69) is 32.9 Å². The van der Waals surface area contributed by atoms with Crippen molar-refractivity contribution < 1.29 is 9.72 Å². The first-order valence-corrected chi connectivity index (χ1v) is 9.01. The highest BCUT2D eigenvalue weighted by Crippen LogP contribution is 2.31. The monoisotopic (exact) mass is 452 g/mol. The predicted octanol–water partition coefficient (Wildman–Crippen LogP) is 3.76. The molecule has 0 unspecified atom stereocenters. The van der Waals surface area contributed by atoms with Crippen LogP contribution < -0.4 is 10.2 Å². The van der Waals surface area contributed by atoms with Crippen LogP contribution in [0.2, 0.25) is 0 Å². The van der Waals surface area contributed by atoms with E-state index in [0.29, 0.717) is 11.5 Å².